The molecule has 0 saturated heterocycles. The van der Waals surface area contributed by atoms with Crippen LogP contribution in [0.1, 0.15) is 71.4 Å². The number of hydrogen-bond acceptors (Lipinski definition) is 5. The van der Waals surface area contributed by atoms with Crippen LogP contribution in [0.2, 0.25) is 0 Å². The SMILES string of the molecule is [2H]c1c([2H])c([2H])c(N2c3c([2H])c([2H])c([2H])c([2H])c3B3c4c([2H])c5c(c([2H])c4N(c4c([2H])c([2H])c([2H])c([2H])c4[2H])c4c([2H])c(-n6c7c([2H])c([2H])c([2H])c([2H])c7c7c([2H])c([2H])c([2H])c(C#N)c76)c([2H])c2c43)N(c2c([2H])c([2H])c([2H])c([2H])c2[2H])c2c([2H])c(-n3c4c([2H])c([2H])c([2H])c([2H])c4c4c([2H])c([2H])c([2H])c([N+]#[C-])c43)c([2H])c3c2B5c2c([2H])c([2H])c([2H])c([2H])c2N3c2c([2H])c([2H])c([2H])c([2H])c2[2H])c([2H])c1[2H]. The molecule has 0 aliphatic carbocycles. The minimum absolute atomic E-state index is 0.395. The van der Waals surface area contributed by atoms with Crippen LogP contribution < -0.4 is 52.4 Å². The van der Waals surface area contributed by atoms with Gasteiger partial charge < -0.3 is 28.7 Å². The molecule has 4 aliphatic heterocycles. The molecule has 13 aromatic carbocycles. The highest BCUT2D eigenvalue weighted by Crippen LogP contribution is 2.51. The normalized spacial score (nSPS) is 20.6. The zero-order valence-corrected chi connectivity index (χ0v) is 44.7. The summed E-state index contributed by atoms with van der Waals surface area (Å²) in [7, 11) is 0. The summed E-state index contributed by atoms with van der Waals surface area (Å²) in [6.07, 6.45) is 0. The van der Waals surface area contributed by atoms with Gasteiger partial charge >= 0.3 is 0 Å². The molecule has 90 heavy (non-hydrogen) atoms. The van der Waals surface area contributed by atoms with Gasteiger partial charge in [0.05, 0.1) is 104 Å². The summed E-state index contributed by atoms with van der Waals surface area (Å²) in [5.74, 6) is 0. The van der Waals surface area contributed by atoms with Crippen LogP contribution in [0.5, 0.6) is 0 Å². The topological polar surface area (TPSA) is 51.0 Å². The minimum atomic E-state index is -2.73. The first-order valence-electron chi connectivity index (χ1n) is 50.7. The van der Waals surface area contributed by atoms with E-state index in [0.717, 1.165) is 0 Å². The Labute approximate surface area is 587 Å². The van der Waals surface area contributed by atoms with Gasteiger partial charge in [-0.25, -0.2) is 4.85 Å². The van der Waals surface area contributed by atoms with E-state index in [1.54, 1.807) is 6.07 Å². The van der Waals surface area contributed by atoms with Gasteiger partial charge in [-0.15, -0.1) is 0 Å². The summed E-state index contributed by atoms with van der Waals surface area (Å²) >= 11 is 0. The third-order valence-electron chi connectivity index (χ3n) is 15.8. The van der Waals surface area contributed by atoms with Crippen LogP contribution >= 0.6 is 0 Å². The van der Waals surface area contributed by atoms with Gasteiger partial charge in [-0.3, -0.25) is 0 Å². The molecule has 2 aromatic heterocycles. The number of hydrogen-bond donors (Lipinski definition) is 0. The van der Waals surface area contributed by atoms with E-state index in [2.05, 4.69) is 4.85 Å². The number of benzene rings is 13. The van der Waals surface area contributed by atoms with E-state index in [-0.39, 0.29) is 0 Å². The van der Waals surface area contributed by atoms with Crippen molar-refractivity contribution in [3.05, 3.63) is 307 Å². The van der Waals surface area contributed by atoms with Crippen molar-refractivity contribution in [1.82, 2.24) is 9.13 Å². The molecule has 4 aliphatic rings. The van der Waals surface area contributed by atoms with Gasteiger partial charge in [-0.1, -0.05) is 181 Å². The lowest BCUT2D eigenvalue weighted by Crippen LogP contribution is -2.65. The third kappa shape index (κ3) is 6.90. The summed E-state index contributed by atoms with van der Waals surface area (Å²) in [5, 5.41) is 8.19. The van der Waals surface area contributed by atoms with E-state index in [1.807, 2.05) is 0 Å². The van der Waals surface area contributed by atoms with Crippen LogP contribution in [-0.2, 0) is 0 Å². The maximum absolute atomic E-state index is 11.9. The van der Waals surface area contributed by atoms with Crippen LogP contribution in [-0.4, -0.2) is 22.6 Å². The molecule has 15 aromatic rings. The van der Waals surface area contributed by atoms with E-state index in [0.29, 0.717) is 28.7 Å². The van der Waals surface area contributed by atoms with Crippen LogP contribution in [0.25, 0.3) is 59.8 Å². The molecular weight excluding hydrogens is 1090 g/mol. The fraction of sp³-hybridized carbons (Fsp3) is 0. The number of fused-ring (bicyclic) bond motifs is 14. The zero-order chi connectivity index (χ0) is 101. The van der Waals surface area contributed by atoms with Gasteiger partial charge in [0.2, 0.25) is 5.69 Å². The molecule has 0 atom stereocenters. The Morgan fingerprint density at radius 1 is 0.322 bits per heavy atom. The lowest BCUT2D eigenvalue weighted by atomic mass is 9.30. The standard InChI is InChI=1S/C80H48B2N8/c1-84-66-39-23-36-61-59-34-15-19-41-68(59)90(80(61)66)57-46-74-78-76(47-57)88(55-31-12-5-13-32-55)72-49-71-64(48-65(72)82(78)63-38-17-21-43-70(63)86(74)53-27-8-3-9-28-53)81-62-37-16-20-42-69(62)85(52-25-6-2-7-26-52)73-44-56(45-75(77(73)81)87(71)54-29-10-4-11-30-54)89-67-40-18-14-33-58(67)60-35-22-24-51(50-83)79(60)89/h2-49H/i2D,3D,4D,5D,6D,7D,8D,9D,10D,11D,12D,13D,14D,15D,16D,17D,18D,19D,20D,21D,22D,23D,24D,25D,26D,27D,28D,29D,30D,31D,32D,33D,34D,35D,36D,37D,38D,39D,40D,41D,42D,43D,44D,45D,46D,47D,48D,49D. The highest BCUT2D eigenvalue weighted by Gasteiger charge is 2.49. The molecule has 0 bridgehead atoms. The minimum Gasteiger partial charge on any atom is -0.319 e. The van der Waals surface area contributed by atoms with Gasteiger partial charge in [-0.05, 0) is 147 Å². The Morgan fingerprint density at radius 2 is 0.689 bits per heavy atom. The molecule has 6 heterocycles. The Kier molecular flexibility index (Phi) is 4.71. The predicted molar refractivity (Wildman–Crippen MR) is 374 cm³/mol. The zero-order valence-electron chi connectivity index (χ0n) is 92.7. The summed E-state index contributed by atoms with van der Waals surface area (Å²) in [6, 6.07) is -59.8. The van der Waals surface area contributed by atoms with Crippen LogP contribution in [0.3, 0.4) is 0 Å². The molecule has 8 nitrogen and oxygen atoms in total. The van der Waals surface area contributed by atoms with Crippen molar-refractivity contribution in [3.63, 3.8) is 0 Å². The Morgan fingerprint density at radius 3 is 1.13 bits per heavy atom. The molecule has 0 radical (unpaired) electrons. The molecule has 0 N–H and O–H groups in total. The van der Waals surface area contributed by atoms with Gasteiger partial charge in [0.1, 0.15) is 6.07 Å². The van der Waals surface area contributed by atoms with E-state index >= 15 is 0 Å². The van der Waals surface area contributed by atoms with Crippen molar-refractivity contribution >= 4 is 164 Å². The monoisotopic (exact) mass is 1190 g/mol. The fourth-order valence-corrected chi connectivity index (χ4v) is 12.5. The first-order valence-corrected chi connectivity index (χ1v) is 26.7. The predicted octanol–water partition coefficient (Wildman–Crippen LogP) is 16.5. The fourth-order valence-electron chi connectivity index (χ4n) is 12.5. The molecule has 414 valence electrons. The average molecular weight is 1190 g/mol. The summed E-state index contributed by atoms with van der Waals surface area (Å²) in [6.45, 7) is 3.29. The summed E-state index contributed by atoms with van der Waals surface area (Å²) < 4.78 is 474. The average Bonchev–Trinajstić information content (AvgIpc) is 0.762. The third-order valence-corrected chi connectivity index (χ3v) is 15.8. The number of anilines is 12. The van der Waals surface area contributed by atoms with Gasteiger partial charge in [-0.2, -0.15) is 5.26 Å². The highest BCUT2D eigenvalue weighted by atomic mass is 15.2. The Balaban J connectivity index is 1.15. The van der Waals surface area contributed by atoms with Crippen LogP contribution in [0.15, 0.2) is 290 Å². The second-order valence-corrected chi connectivity index (χ2v) is 20.1. The lowest BCUT2D eigenvalue weighted by Gasteiger charge is -2.47. The Hall–Kier alpha value is -12.2. The first-order chi connectivity index (χ1) is 64.6. The largest absolute Gasteiger partial charge is 0.319 e. The highest BCUT2D eigenvalue weighted by molar-refractivity contribution is 7.03. The van der Waals surface area contributed by atoms with Crippen LogP contribution in [0.4, 0.5) is 73.9 Å². The Bertz CT molecular complexity index is 8050. The first kappa shape index (κ1) is 22.2. The number of nitrogens with zero attached hydrogens (tertiary/aromatic N) is 8. The molecule has 0 amide bonds. The molecule has 0 fully saturated rings. The van der Waals surface area contributed by atoms with Crippen molar-refractivity contribution in [2.75, 3.05) is 19.6 Å². The number of para-hydroxylation sites is 10. The summed E-state index contributed by atoms with van der Waals surface area (Å²) in [5.41, 5.74) is -30.0. The van der Waals surface area contributed by atoms with Gasteiger partial charge in [0, 0.05) is 91.5 Å². The van der Waals surface area contributed by atoms with Crippen molar-refractivity contribution in [3.8, 4) is 17.4 Å². The second kappa shape index (κ2) is 19.1. The van der Waals surface area contributed by atoms with Gasteiger partial charge in [0.25, 0.3) is 13.4 Å². The molecule has 0 unspecified atom stereocenters. The van der Waals surface area contributed by atoms with Crippen molar-refractivity contribution < 1.29 is 65.8 Å². The number of aromatic nitrogens is 2. The van der Waals surface area contributed by atoms with Gasteiger partial charge in [0.15, 0.2) is 0 Å². The number of nitriles is 1. The quantitative estimate of drug-likeness (QED) is 0.123. The molecular formula is C80H48B2N8. The molecule has 19 rings (SSSR count). The van der Waals surface area contributed by atoms with E-state index < -0.39 is 471 Å². The maximum Gasteiger partial charge on any atom is 0.252 e. The van der Waals surface area contributed by atoms with E-state index in [9.17, 15) is 60.1 Å². The molecule has 10 heteroatoms. The number of rotatable bonds is 6. The van der Waals surface area contributed by atoms with Crippen molar-refractivity contribution in [2.24, 2.45) is 0 Å². The smallest absolute Gasteiger partial charge is 0.252 e. The summed E-state index contributed by atoms with van der Waals surface area (Å²) in [4.78, 5) is 5.26. The van der Waals surface area contributed by atoms with Crippen molar-refractivity contribution in [1.29, 1.82) is 5.26 Å². The molecule has 0 saturated carbocycles. The molecule has 0 spiro atoms. The van der Waals surface area contributed by atoms with E-state index in [1.165, 1.54) is 0 Å². The second-order valence-electron chi connectivity index (χ2n) is 20.1. The lowest BCUT2D eigenvalue weighted by molar-refractivity contribution is 1.15. The van der Waals surface area contributed by atoms with Crippen molar-refractivity contribution in [2.45, 2.75) is 0 Å². The maximum atomic E-state index is 11.9. The van der Waals surface area contributed by atoms with Crippen LogP contribution in [0, 0.1) is 17.9 Å². The van der Waals surface area contributed by atoms with E-state index in [4.69, 9.17) is 17.5 Å².